The molecule has 0 aromatic carbocycles. The van der Waals surface area contributed by atoms with Crippen LogP contribution in [0.1, 0.15) is 58.8 Å². The molecule has 0 saturated heterocycles. The van der Waals surface area contributed by atoms with Crippen molar-refractivity contribution in [1.29, 1.82) is 0 Å². The van der Waals surface area contributed by atoms with Crippen molar-refractivity contribution in [2.24, 2.45) is 0 Å². The normalized spacial score (nSPS) is 11.7. The SMILES string of the molecule is CCCCCCCO[P+](=O)CCCC. The third-order valence-electron chi connectivity index (χ3n) is 2.18. The summed E-state index contributed by atoms with van der Waals surface area (Å²) in [6, 6.07) is 0. The Balaban J connectivity index is 3.07. The molecule has 14 heavy (non-hydrogen) atoms. The summed E-state index contributed by atoms with van der Waals surface area (Å²) < 4.78 is 16.5. The molecule has 1 unspecified atom stereocenters. The predicted molar refractivity (Wildman–Crippen MR) is 62.1 cm³/mol. The molecule has 0 saturated carbocycles. The van der Waals surface area contributed by atoms with E-state index in [0.29, 0.717) is 6.61 Å². The van der Waals surface area contributed by atoms with Crippen molar-refractivity contribution >= 4 is 8.03 Å². The van der Waals surface area contributed by atoms with Gasteiger partial charge in [-0.25, -0.2) is 0 Å². The minimum absolute atomic E-state index is 0.683. The van der Waals surface area contributed by atoms with Crippen LogP contribution in [-0.2, 0) is 9.09 Å². The molecule has 0 N–H and O–H groups in total. The molecule has 0 aromatic heterocycles. The van der Waals surface area contributed by atoms with Gasteiger partial charge < -0.3 is 0 Å². The summed E-state index contributed by atoms with van der Waals surface area (Å²) in [6.45, 7) is 4.99. The first-order valence-corrected chi connectivity index (χ1v) is 7.25. The standard InChI is InChI=1S/C11H24O2P/c1-3-5-7-8-9-10-13-14(12)11-6-4-2/h3-11H2,1-2H3/q+1. The fourth-order valence-electron chi connectivity index (χ4n) is 1.22. The van der Waals surface area contributed by atoms with Gasteiger partial charge in [-0.05, 0) is 17.4 Å². The van der Waals surface area contributed by atoms with Gasteiger partial charge in [0.05, 0.1) is 0 Å². The van der Waals surface area contributed by atoms with Crippen molar-refractivity contribution in [1.82, 2.24) is 0 Å². The van der Waals surface area contributed by atoms with Crippen LogP contribution in [0.25, 0.3) is 0 Å². The number of unbranched alkanes of at least 4 members (excludes halogenated alkanes) is 5. The molecule has 3 heteroatoms. The molecule has 0 aliphatic heterocycles. The fraction of sp³-hybridized carbons (Fsp3) is 1.00. The summed E-state index contributed by atoms with van der Waals surface area (Å²) in [5, 5.41) is 0. The molecule has 0 bridgehead atoms. The van der Waals surface area contributed by atoms with Crippen LogP contribution in [0.2, 0.25) is 0 Å². The molecule has 0 spiro atoms. The van der Waals surface area contributed by atoms with Gasteiger partial charge in [0.2, 0.25) is 0 Å². The molecule has 2 nitrogen and oxygen atoms in total. The van der Waals surface area contributed by atoms with E-state index in [1.54, 1.807) is 0 Å². The van der Waals surface area contributed by atoms with Gasteiger partial charge in [-0.1, -0.05) is 46.0 Å². The maximum Gasteiger partial charge on any atom is 0.508 e. The highest BCUT2D eigenvalue weighted by molar-refractivity contribution is 7.39. The molecular formula is C11H24O2P+. The van der Waals surface area contributed by atoms with Crippen LogP contribution >= 0.6 is 8.03 Å². The summed E-state index contributed by atoms with van der Waals surface area (Å²) in [5.41, 5.74) is 0. The first-order valence-electron chi connectivity index (χ1n) is 5.88. The third-order valence-corrected chi connectivity index (χ3v) is 3.33. The molecule has 0 fully saturated rings. The average molecular weight is 219 g/mol. The number of hydrogen-bond acceptors (Lipinski definition) is 2. The lowest BCUT2D eigenvalue weighted by atomic mass is 10.2. The number of hydrogen-bond donors (Lipinski definition) is 0. The molecule has 0 heterocycles. The Bertz CT molecular complexity index is 137. The van der Waals surface area contributed by atoms with Crippen LogP contribution in [0, 0.1) is 0 Å². The van der Waals surface area contributed by atoms with Crippen molar-refractivity contribution in [2.75, 3.05) is 12.8 Å². The first-order chi connectivity index (χ1) is 6.81. The fourth-order valence-corrected chi connectivity index (χ4v) is 2.26. The van der Waals surface area contributed by atoms with Crippen LogP contribution in [0.4, 0.5) is 0 Å². The molecule has 1 atom stereocenters. The van der Waals surface area contributed by atoms with Crippen molar-refractivity contribution in [3.8, 4) is 0 Å². The summed E-state index contributed by atoms with van der Waals surface area (Å²) in [7, 11) is -1.36. The lowest BCUT2D eigenvalue weighted by Crippen LogP contribution is -1.89. The highest BCUT2D eigenvalue weighted by Gasteiger charge is 2.14. The summed E-state index contributed by atoms with van der Waals surface area (Å²) >= 11 is 0. The minimum Gasteiger partial charge on any atom is -0.146 e. The second-order valence-electron chi connectivity index (χ2n) is 3.66. The van der Waals surface area contributed by atoms with E-state index in [4.69, 9.17) is 4.52 Å². The van der Waals surface area contributed by atoms with E-state index >= 15 is 0 Å². The van der Waals surface area contributed by atoms with Gasteiger partial charge in [-0.15, -0.1) is 4.52 Å². The van der Waals surface area contributed by atoms with Crippen molar-refractivity contribution in [2.45, 2.75) is 58.8 Å². The molecule has 0 rings (SSSR count). The molecule has 84 valence electrons. The maximum atomic E-state index is 11.2. The van der Waals surface area contributed by atoms with Gasteiger partial charge in [-0.2, -0.15) is 0 Å². The van der Waals surface area contributed by atoms with Gasteiger partial charge in [0.15, 0.2) is 6.16 Å². The Morgan fingerprint density at radius 1 is 0.929 bits per heavy atom. The second kappa shape index (κ2) is 11.1. The van der Waals surface area contributed by atoms with Gasteiger partial charge in [0.25, 0.3) is 0 Å². The lowest BCUT2D eigenvalue weighted by Gasteiger charge is -1.95. The molecule has 0 aliphatic carbocycles. The molecule has 0 aliphatic rings. The van der Waals surface area contributed by atoms with Gasteiger partial charge >= 0.3 is 8.03 Å². The van der Waals surface area contributed by atoms with Crippen LogP contribution in [0.15, 0.2) is 0 Å². The smallest absolute Gasteiger partial charge is 0.146 e. The van der Waals surface area contributed by atoms with Crippen molar-refractivity contribution in [3.05, 3.63) is 0 Å². The first kappa shape index (κ1) is 14.1. The zero-order valence-corrected chi connectivity index (χ0v) is 10.5. The highest BCUT2D eigenvalue weighted by Crippen LogP contribution is 2.24. The zero-order chi connectivity index (χ0) is 10.6. The summed E-state index contributed by atoms with van der Waals surface area (Å²) in [6.07, 6.45) is 8.99. The zero-order valence-electron chi connectivity index (χ0n) is 9.63. The monoisotopic (exact) mass is 219 g/mol. The van der Waals surface area contributed by atoms with Crippen molar-refractivity contribution < 1.29 is 9.09 Å². The number of rotatable bonds is 10. The van der Waals surface area contributed by atoms with E-state index < -0.39 is 8.03 Å². The van der Waals surface area contributed by atoms with E-state index in [1.165, 1.54) is 25.7 Å². The van der Waals surface area contributed by atoms with Gasteiger partial charge in [-0.3, -0.25) is 0 Å². The Labute approximate surface area is 89.3 Å². The molecular weight excluding hydrogens is 195 g/mol. The topological polar surface area (TPSA) is 26.3 Å². The Kier molecular flexibility index (Phi) is 11.2. The van der Waals surface area contributed by atoms with E-state index in [9.17, 15) is 4.57 Å². The lowest BCUT2D eigenvalue weighted by molar-refractivity contribution is 0.315. The van der Waals surface area contributed by atoms with Crippen LogP contribution in [-0.4, -0.2) is 12.8 Å². The maximum absolute atomic E-state index is 11.2. The third kappa shape index (κ3) is 10.1. The predicted octanol–water partition coefficient (Wildman–Crippen LogP) is 4.52. The second-order valence-corrected chi connectivity index (χ2v) is 5.03. The van der Waals surface area contributed by atoms with Gasteiger partial charge in [0, 0.05) is 0 Å². The highest BCUT2D eigenvalue weighted by atomic mass is 31.1. The van der Waals surface area contributed by atoms with E-state index in [0.717, 1.165) is 25.4 Å². The van der Waals surface area contributed by atoms with Crippen LogP contribution in [0.3, 0.4) is 0 Å². The van der Waals surface area contributed by atoms with Crippen molar-refractivity contribution in [3.63, 3.8) is 0 Å². The van der Waals surface area contributed by atoms with E-state index in [-0.39, 0.29) is 0 Å². The van der Waals surface area contributed by atoms with Crippen LogP contribution in [0.5, 0.6) is 0 Å². The summed E-state index contributed by atoms with van der Waals surface area (Å²) in [5.74, 6) is 0. The van der Waals surface area contributed by atoms with E-state index in [2.05, 4.69) is 13.8 Å². The average Bonchev–Trinajstić information content (AvgIpc) is 2.20. The van der Waals surface area contributed by atoms with Gasteiger partial charge in [0.1, 0.15) is 6.61 Å². The quantitative estimate of drug-likeness (QED) is 0.399. The Morgan fingerprint density at radius 2 is 1.57 bits per heavy atom. The molecule has 0 amide bonds. The Morgan fingerprint density at radius 3 is 2.21 bits per heavy atom. The van der Waals surface area contributed by atoms with E-state index in [1.807, 2.05) is 0 Å². The van der Waals surface area contributed by atoms with Crippen LogP contribution < -0.4 is 0 Å². The molecule has 0 radical (unpaired) electrons. The Hall–Kier alpha value is 0.0600. The largest absolute Gasteiger partial charge is 0.508 e. The summed E-state index contributed by atoms with van der Waals surface area (Å²) in [4.78, 5) is 0. The minimum atomic E-state index is -1.36. The molecule has 0 aromatic rings.